The number of aromatic nitrogens is 1. The number of carbonyl (C=O) groups excluding carboxylic acids is 2. The number of phenols is 1. The number of nitrogens with zero attached hydrogens (tertiary/aromatic N) is 2. The fourth-order valence-electron chi connectivity index (χ4n) is 6.56. The first kappa shape index (κ1) is 38.5. The molecule has 0 spiro atoms. The molecule has 2 amide bonds. The Morgan fingerprint density at radius 3 is 2.52 bits per heavy atom. The van der Waals surface area contributed by atoms with Crippen LogP contribution in [0.15, 0.2) is 94.9 Å². The quantitative estimate of drug-likeness (QED) is 0.0679. The molecule has 1 aliphatic heterocycles. The predicted molar refractivity (Wildman–Crippen MR) is 207 cm³/mol. The number of fused-ring (bicyclic) bond motifs is 1. The molecule has 6 N–H and O–H groups in total. The fraction of sp³-hybridized carbons (Fsp3) is 0.256. The van der Waals surface area contributed by atoms with Crippen molar-refractivity contribution in [2.24, 2.45) is 5.73 Å². The second-order valence-electron chi connectivity index (χ2n) is 13.1. The first-order chi connectivity index (χ1) is 25.9. The van der Waals surface area contributed by atoms with E-state index in [0.29, 0.717) is 70.6 Å². The summed E-state index contributed by atoms with van der Waals surface area (Å²) in [7, 11) is -2.62. The van der Waals surface area contributed by atoms with E-state index in [1.165, 1.54) is 43.6 Å². The molecule has 282 valence electrons. The number of carbonyl (C=O) groups is 2. The summed E-state index contributed by atoms with van der Waals surface area (Å²) in [6.07, 6.45) is 1.81. The Balaban J connectivity index is 1.18. The van der Waals surface area contributed by atoms with E-state index in [9.17, 15) is 28.2 Å². The van der Waals surface area contributed by atoms with E-state index >= 15 is 0 Å². The number of aliphatic hydroxyl groups excluding tert-OH is 1. The number of thiol groups is 1. The molecular weight excluding hydrogens is 731 g/mol. The van der Waals surface area contributed by atoms with E-state index in [2.05, 4.69) is 28.5 Å². The number of piperidine rings is 1. The molecule has 15 heteroatoms. The van der Waals surface area contributed by atoms with Crippen molar-refractivity contribution < 1.29 is 37.1 Å². The number of aryl methyl sites for hydroxylation is 1. The molecule has 54 heavy (non-hydrogen) atoms. The zero-order chi connectivity index (χ0) is 38.6. The monoisotopic (exact) mass is 771 g/mol. The maximum Gasteiger partial charge on any atom is 0.253 e. The molecule has 0 unspecified atom stereocenters. The topological polar surface area (TPSA) is 193 Å². The number of anilines is 2. The van der Waals surface area contributed by atoms with Gasteiger partial charge in [0.05, 0.1) is 46.4 Å². The van der Waals surface area contributed by atoms with Crippen molar-refractivity contribution in [3.63, 3.8) is 0 Å². The summed E-state index contributed by atoms with van der Waals surface area (Å²) in [5, 5.41) is 27.7. The minimum absolute atomic E-state index is 0.0399. The van der Waals surface area contributed by atoms with Crippen molar-refractivity contribution in [3.05, 3.63) is 113 Å². The van der Waals surface area contributed by atoms with E-state index in [4.69, 9.17) is 14.7 Å². The van der Waals surface area contributed by atoms with Gasteiger partial charge in [-0.1, -0.05) is 18.2 Å². The summed E-state index contributed by atoms with van der Waals surface area (Å²) in [6, 6.07) is 20.9. The van der Waals surface area contributed by atoms with E-state index in [-0.39, 0.29) is 51.8 Å². The number of nitrogens with one attached hydrogen (secondary N) is 2. The lowest BCUT2D eigenvalue weighted by Crippen LogP contribution is -2.45. The number of likely N-dealkylation sites (tertiary alicyclic amines) is 1. The second kappa shape index (κ2) is 16.4. The minimum atomic E-state index is -4.15. The van der Waals surface area contributed by atoms with E-state index in [0.717, 1.165) is 0 Å². The van der Waals surface area contributed by atoms with Gasteiger partial charge in [-0.2, -0.15) is 0 Å². The summed E-state index contributed by atoms with van der Waals surface area (Å²) in [4.78, 5) is 32.2. The molecule has 5 aromatic rings. The number of primary amides is 1. The number of aromatic hydroxyl groups is 1. The average Bonchev–Trinajstić information content (AvgIpc) is 3.18. The molecule has 0 radical (unpaired) electrons. The molecule has 1 atom stereocenters. The van der Waals surface area contributed by atoms with Gasteiger partial charge in [0.1, 0.15) is 11.5 Å². The van der Waals surface area contributed by atoms with E-state index in [1.807, 2.05) is 0 Å². The van der Waals surface area contributed by atoms with Crippen molar-refractivity contribution in [3.8, 4) is 11.5 Å². The summed E-state index contributed by atoms with van der Waals surface area (Å²) < 4.78 is 38.5. The fourth-order valence-corrected chi connectivity index (χ4v) is 8.12. The van der Waals surface area contributed by atoms with Crippen molar-refractivity contribution in [2.45, 2.75) is 48.3 Å². The highest BCUT2D eigenvalue weighted by atomic mass is 32.2. The van der Waals surface area contributed by atoms with Crippen LogP contribution in [-0.2, 0) is 20.6 Å². The minimum Gasteiger partial charge on any atom is -0.508 e. The maximum absolute atomic E-state index is 14.2. The van der Waals surface area contributed by atoms with Crippen molar-refractivity contribution in [1.29, 1.82) is 0 Å². The molecule has 4 aromatic carbocycles. The molecule has 0 saturated carbocycles. The summed E-state index contributed by atoms with van der Waals surface area (Å²) in [6.45, 7) is 2.98. The number of benzene rings is 4. The average molecular weight is 772 g/mol. The van der Waals surface area contributed by atoms with Crippen molar-refractivity contribution in [1.82, 2.24) is 15.2 Å². The molecular formula is C39H41N5O8S2. The Bertz CT molecular complexity index is 2310. The second-order valence-corrected chi connectivity index (χ2v) is 15.3. The Morgan fingerprint density at radius 1 is 1.04 bits per heavy atom. The molecule has 2 heterocycles. The molecule has 1 saturated heterocycles. The molecule has 1 aromatic heterocycles. The van der Waals surface area contributed by atoms with E-state index in [1.54, 1.807) is 60.4 Å². The number of aliphatic hydroxyl groups is 1. The Hall–Kier alpha value is -5.19. The van der Waals surface area contributed by atoms with Crippen LogP contribution in [0.2, 0.25) is 0 Å². The molecule has 6 rings (SSSR count). The molecule has 1 fully saturated rings. The highest BCUT2D eigenvalue weighted by Gasteiger charge is 2.27. The van der Waals surface area contributed by atoms with Gasteiger partial charge >= 0.3 is 0 Å². The molecule has 0 aliphatic carbocycles. The number of pyridine rings is 1. The van der Waals surface area contributed by atoms with Gasteiger partial charge in [-0.25, -0.2) is 8.42 Å². The first-order valence-electron chi connectivity index (χ1n) is 17.2. The Morgan fingerprint density at radius 2 is 1.80 bits per heavy atom. The normalized spacial score (nSPS) is 14.2. The van der Waals surface area contributed by atoms with Crippen LogP contribution in [0.4, 0.5) is 11.4 Å². The zero-order valence-corrected chi connectivity index (χ0v) is 31.4. The summed E-state index contributed by atoms with van der Waals surface area (Å²) in [5.41, 5.74) is 9.10. The van der Waals surface area contributed by atoms with Crippen molar-refractivity contribution >= 4 is 56.8 Å². The summed E-state index contributed by atoms with van der Waals surface area (Å²) >= 11 is 3.74. The van der Waals surface area contributed by atoms with Crippen LogP contribution in [-0.4, -0.2) is 73.1 Å². The number of hydrogen-bond donors (Lipinski definition) is 6. The van der Waals surface area contributed by atoms with Gasteiger partial charge in [0.25, 0.3) is 11.8 Å². The Kier molecular flexibility index (Phi) is 11.7. The number of ether oxygens (including phenoxy) is 1. The number of methoxy groups -OCH3 is 1. The van der Waals surface area contributed by atoms with Crippen LogP contribution in [0.25, 0.3) is 10.9 Å². The van der Waals surface area contributed by atoms with Gasteiger partial charge in [0, 0.05) is 60.1 Å². The van der Waals surface area contributed by atoms with Crippen LogP contribution in [0.1, 0.15) is 56.4 Å². The molecule has 0 bridgehead atoms. The lowest BCUT2D eigenvalue weighted by Gasteiger charge is -2.33. The maximum atomic E-state index is 14.2. The number of rotatable bonds is 13. The van der Waals surface area contributed by atoms with Crippen LogP contribution >= 0.6 is 12.9 Å². The van der Waals surface area contributed by atoms with Gasteiger partial charge in [-0.15, -0.1) is 0 Å². The van der Waals surface area contributed by atoms with Gasteiger partial charge in [0.15, 0.2) is 0 Å². The SMILES string of the molecule is COc1cccc(Nc2c(C(N)=O)cnc3c(C)cc(S(=O)(=O)c4cccc(C(=O)N5CCC(NC[C@H](O)c6ccc(O)c(COS)c6)CC5)c4)cc23)c1. The third-order valence-corrected chi connectivity index (χ3v) is 11.4. The largest absolute Gasteiger partial charge is 0.508 e. The van der Waals surface area contributed by atoms with E-state index < -0.39 is 21.8 Å². The van der Waals surface area contributed by atoms with Gasteiger partial charge < -0.3 is 40.4 Å². The van der Waals surface area contributed by atoms with Crippen LogP contribution in [0.3, 0.4) is 0 Å². The molecule has 13 nitrogen and oxygen atoms in total. The van der Waals surface area contributed by atoms with Crippen LogP contribution in [0.5, 0.6) is 11.5 Å². The Labute approximate surface area is 318 Å². The number of nitrogens with two attached hydrogens (primary N) is 1. The highest BCUT2D eigenvalue weighted by Crippen LogP contribution is 2.35. The standard InChI is InChI=1S/C39H41N5O8S2/c1-23-15-31(19-32-36(23)42-20-33(38(40)47)37(32)43-28-6-4-7-29(18-28)51-2)54(49,50)30-8-3-5-25(17-30)39(48)44-13-11-27(12-14-44)41-21-35(46)24-9-10-34(45)26(16-24)22-52-53/h3-10,15-20,27,35,41,45-46,53H,11-14,21-22H2,1-2H3,(H2,40,47)(H,42,43)/t35-/m0/s1. The summed E-state index contributed by atoms with van der Waals surface area (Å²) in [5.74, 6) is -0.399. The third-order valence-electron chi connectivity index (χ3n) is 9.53. The molecule has 1 aliphatic rings. The van der Waals surface area contributed by atoms with Crippen molar-refractivity contribution in [2.75, 3.05) is 32.1 Å². The zero-order valence-electron chi connectivity index (χ0n) is 29.7. The predicted octanol–water partition coefficient (Wildman–Crippen LogP) is 5.22. The van der Waals surface area contributed by atoms with Gasteiger partial charge in [-0.3, -0.25) is 14.6 Å². The van der Waals surface area contributed by atoms with Gasteiger partial charge in [-0.05, 0) is 98.4 Å². The smallest absolute Gasteiger partial charge is 0.253 e. The lowest BCUT2D eigenvalue weighted by atomic mass is 10.0. The van der Waals surface area contributed by atoms with Gasteiger partial charge in [0.2, 0.25) is 9.84 Å². The third kappa shape index (κ3) is 8.30. The highest BCUT2D eigenvalue weighted by molar-refractivity contribution is 7.91. The number of amides is 2. The lowest BCUT2D eigenvalue weighted by molar-refractivity contribution is 0.0697. The number of phenolic OH excluding ortho intramolecular Hbond substituents is 1. The van der Waals surface area contributed by atoms with Crippen LogP contribution in [0, 0.1) is 6.92 Å². The van der Waals surface area contributed by atoms with Crippen LogP contribution < -0.4 is 21.1 Å². The first-order valence-corrected chi connectivity index (χ1v) is 19.0. The number of hydrogen-bond acceptors (Lipinski definition) is 12. The number of sulfone groups is 1.